The molecule has 0 amide bonds. The zero-order valence-electron chi connectivity index (χ0n) is 19.9. The van der Waals surface area contributed by atoms with Crippen LogP contribution in [0.15, 0.2) is 0 Å². The molecule has 0 heterocycles. The molecule has 2 unspecified atom stereocenters. The van der Waals surface area contributed by atoms with Crippen LogP contribution < -0.4 is 0 Å². The van der Waals surface area contributed by atoms with Gasteiger partial charge in [-0.1, -0.05) is 96.8 Å². The highest BCUT2D eigenvalue weighted by atomic mass is 16.3. The molecule has 0 bridgehead atoms. The predicted molar refractivity (Wildman–Crippen MR) is 123 cm³/mol. The van der Waals surface area contributed by atoms with E-state index in [-0.39, 0.29) is 12.3 Å². The molecule has 2 N–H and O–H groups in total. The van der Waals surface area contributed by atoms with Crippen LogP contribution in [0.25, 0.3) is 0 Å². The van der Waals surface area contributed by atoms with Gasteiger partial charge in [0, 0.05) is 6.42 Å². The van der Waals surface area contributed by atoms with Crippen LogP contribution in [-0.2, 0) is 0 Å². The van der Waals surface area contributed by atoms with Gasteiger partial charge in [-0.05, 0) is 26.2 Å². The lowest BCUT2D eigenvalue weighted by atomic mass is 10.0. The number of rotatable bonds is 21. The van der Waals surface area contributed by atoms with E-state index in [0.717, 1.165) is 6.54 Å². The van der Waals surface area contributed by atoms with Gasteiger partial charge in [-0.25, -0.2) is 0 Å². The number of hydrogen-bond acceptors (Lipinski definition) is 2. The van der Waals surface area contributed by atoms with E-state index in [2.05, 4.69) is 21.0 Å². The summed E-state index contributed by atoms with van der Waals surface area (Å²) in [5, 5.41) is 19.7. The number of nitrogens with zero attached hydrogens (tertiary/aromatic N) is 1. The average molecular weight is 401 g/mol. The Kier molecular flexibility index (Phi) is 18.8. The number of aliphatic hydroxyl groups excluding tert-OH is 2. The second kappa shape index (κ2) is 18.9. The van der Waals surface area contributed by atoms with Gasteiger partial charge in [-0.2, -0.15) is 0 Å². The van der Waals surface area contributed by atoms with Crippen molar-refractivity contribution < 1.29 is 14.7 Å². The smallest absolute Gasteiger partial charge is 0.190 e. The molecular formula is C25H54NO2+. The molecule has 0 saturated carbocycles. The van der Waals surface area contributed by atoms with Crippen molar-refractivity contribution in [3.8, 4) is 0 Å². The van der Waals surface area contributed by atoms with E-state index in [9.17, 15) is 10.2 Å². The van der Waals surface area contributed by atoms with Crippen LogP contribution in [0.1, 0.15) is 129 Å². The number of hydrogen-bond donors (Lipinski definition) is 2. The SMILES string of the molecule is CCCCCCCCCCCCCCCCCC[N+](C)(C)C(O)CCC(C)O. The molecule has 0 saturated heterocycles. The fourth-order valence-electron chi connectivity index (χ4n) is 3.96. The Morgan fingerprint density at radius 1 is 0.571 bits per heavy atom. The number of aliphatic hydroxyl groups is 2. The molecule has 3 nitrogen and oxygen atoms in total. The molecule has 0 aliphatic carbocycles. The largest absolute Gasteiger partial charge is 0.393 e. The fraction of sp³-hybridized carbons (Fsp3) is 1.00. The summed E-state index contributed by atoms with van der Waals surface area (Å²) in [4.78, 5) is 0. The van der Waals surface area contributed by atoms with Crippen LogP contribution in [-0.4, -0.2) is 47.7 Å². The summed E-state index contributed by atoms with van der Waals surface area (Å²) in [7, 11) is 4.22. The van der Waals surface area contributed by atoms with E-state index in [1.807, 2.05) is 0 Å². The minimum Gasteiger partial charge on any atom is -0.393 e. The van der Waals surface area contributed by atoms with Crippen molar-refractivity contribution in [2.75, 3.05) is 20.6 Å². The lowest BCUT2D eigenvalue weighted by Crippen LogP contribution is -2.49. The van der Waals surface area contributed by atoms with E-state index < -0.39 is 0 Å². The van der Waals surface area contributed by atoms with Gasteiger partial charge in [-0.15, -0.1) is 0 Å². The van der Waals surface area contributed by atoms with Crippen molar-refractivity contribution in [3.63, 3.8) is 0 Å². The number of quaternary nitrogens is 1. The minimum absolute atomic E-state index is 0.315. The highest BCUT2D eigenvalue weighted by Crippen LogP contribution is 2.16. The Morgan fingerprint density at radius 3 is 1.29 bits per heavy atom. The van der Waals surface area contributed by atoms with Crippen LogP contribution in [0.4, 0.5) is 0 Å². The zero-order valence-corrected chi connectivity index (χ0v) is 19.9. The summed E-state index contributed by atoms with van der Waals surface area (Å²) in [6.45, 7) is 5.11. The van der Waals surface area contributed by atoms with Crippen molar-refractivity contribution in [1.29, 1.82) is 0 Å². The average Bonchev–Trinajstić information content (AvgIpc) is 2.65. The molecule has 0 aliphatic heterocycles. The van der Waals surface area contributed by atoms with Crippen LogP contribution in [0.3, 0.4) is 0 Å². The Hall–Kier alpha value is -0.120. The molecule has 3 heteroatoms. The van der Waals surface area contributed by atoms with Crippen molar-refractivity contribution in [2.24, 2.45) is 0 Å². The van der Waals surface area contributed by atoms with Gasteiger partial charge in [0.25, 0.3) is 0 Å². The predicted octanol–water partition coefficient (Wildman–Crippen LogP) is 6.80. The summed E-state index contributed by atoms with van der Waals surface area (Å²) >= 11 is 0. The Bertz CT molecular complexity index is 318. The minimum atomic E-state index is -0.356. The molecule has 2 atom stereocenters. The topological polar surface area (TPSA) is 40.5 Å². The first kappa shape index (κ1) is 27.9. The molecule has 0 aromatic carbocycles. The number of unbranched alkanes of at least 4 members (excludes halogenated alkanes) is 15. The lowest BCUT2D eigenvalue weighted by molar-refractivity contribution is -0.937. The van der Waals surface area contributed by atoms with E-state index in [1.54, 1.807) is 6.92 Å². The van der Waals surface area contributed by atoms with E-state index >= 15 is 0 Å². The zero-order chi connectivity index (χ0) is 21.1. The van der Waals surface area contributed by atoms with Crippen LogP contribution in [0, 0.1) is 0 Å². The Balaban J connectivity index is 3.34. The highest BCUT2D eigenvalue weighted by Gasteiger charge is 2.25. The second-order valence-electron chi connectivity index (χ2n) is 9.71. The first-order valence-electron chi connectivity index (χ1n) is 12.6. The molecule has 0 spiro atoms. The van der Waals surface area contributed by atoms with Gasteiger partial charge in [-0.3, -0.25) is 0 Å². The first-order chi connectivity index (χ1) is 13.4. The van der Waals surface area contributed by atoms with Crippen LogP contribution in [0.2, 0.25) is 0 Å². The molecular weight excluding hydrogens is 346 g/mol. The summed E-state index contributed by atoms with van der Waals surface area (Å²) in [6, 6.07) is 0. The summed E-state index contributed by atoms with van der Waals surface area (Å²) in [5.74, 6) is 0. The molecule has 0 fully saturated rings. The molecule has 0 aromatic rings. The monoisotopic (exact) mass is 400 g/mol. The quantitative estimate of drug-likeness (QED) is 0.126. The lowest BCUT2D eigenvalue weighted by Gasteiger charge is -2.35. The molecule has 0 radical (unpaired) electrons. The third kappa shape index (κ3) is 17.9. The second-order valence-corrected chi connectivity index (χ2v) is 9.71. The first-order valence-corrected chi connectivity index (χ1v) is 12.6. The van der Waals surface area contributed by atoms with Gasteiger partial charge in [0.15, 0.2) is 6.23 Å². The van der Waals surface area contributed by atoms with Gasteiger partial charge in [0.1, 0.15) is 0 Å². The maximum atomic E-state index is 10.3. The van der Waals surface area contributed by atoms with Crippen molar-refractivity contribution in [3.05, 3.63) is 0 Å². The van der Waals surface area contributed by atoms with E-state index in [0.29, 0.717) is 17.3 Å². The van der Waals surface area contributed by atoms with E-state index in [1.165, 1.54) is 103 Å². The van der Waals surface area contributed by atoms with Crippen molar-refractivity contribution >= 4 is 0 Å². The fourth-order valence-corrected chi connectivity index (χ4v) is 3.96. The van der Waals surface area contributed by atoms with Gasteiger partial charge < -0.3 is 14.7 Å². The highest BCUT2D eigenvalue weighted by molar-refractivity contribution is 4.53. The Morgan fingerprint density at radius 2 is 0.929 bits per heavy atom. The maximum absolute atomic E-state index is 10.3. The Labute approximate surface area is 177 Å². The summed E-state index contributed by atoms with van der Waals surface area (Å²) < 4.78 is 0.658. The van der Waals surface area contributed by atoms with Crippen molar-refractivity contribution in [2.45, 2.75) is 142 Å². The summed E-state index contributed by atoms with van der Waals surface area (Å²) in [5.41, 5.74) is 0. The third-order valence-corrected chi connectivity index (χ3v) is 6.24. The van der Waals surface area contributed by atoms with Gasteiger partial charge >= 0.3 is 0 Å². The van der Waals surface area contributed by atoms with Crippen LogP contribution >= 0.6 is 0 Å². The van der Waals surface area contributed by atoms with Gasteiger partial charge in [0.2, 0.25) is 0 Å². The van der Waals surface area contributed by atoms with Crippen molar-refractivity contribution in [1.82, 2.24) is 0 Å². The molecule has 0 aromatic heterocycles. The standard InChI is InChI=1S/C25H54NO2/c1-5-6-7-8-9-10-11-12-13-14-15-16-17-18-19-20-23-26(3,4)25(28)22-21-24(2)27/h24-25,27-28H,5-23H2,1-4H3/q+1. The van der Waals surface area contributed by atoms with E-state index in [4.69, 9.17) is 0 Å². The molecule has 0 rings (SSSR count). The molecule has 170 valence electrons. The van der Waals surface area contributed by atoms with Crippen LogP contribution in [0.5, 0.6) is 0 Å². The maximum Gasteiger partial charge on any atom is 0.190 e. The third-order valence-electron chi connectivity index (χ3n) is 6.24. The van der Waals surface area contributed by atoms with Gasteiger partial charge in [0.05, 0.1) is 26.7 Å². The normalized spacial score (nSPS) is 14.4. The molecule has 0 aliphatic rings. The molecule has 28 heavy (non-hydrogen) atoms. The summed E-state index contributed by atoms with van der Waals surface area (Å²) in [6.07, 6.45) is 23.0.